The van der Waals surface area contributed by atoms with Gasteiger partial charge in [-0.1, -0.05) is 0 Å². The number of anilines is 1. The molecule has 6 heteroatoms. The Bertz CT molecular complexity index is 679. The number of ether oxygens (including phenoxy) is 2. The van der Waals surface area contributed by atoms with Crippen molar-refractivity contribution < 1.29 is 19.1 Å². The number of carbonyl (C=O) groups excluding carboxylic acids is 2. The maximum absolute atomic E-state index is 12.1. The molecule has 1 amide bonds. The average molecular weight is 336 g/mol. The van der Waals surface area contributed by atoms with Crippen LogP contribution in [-0.2, 0) is 0 Å². The van der Waals surface area contributed by atoms with Crippen molar-refractivity contribution in [1.29, 1.82) is 0 Å². The van der Waals surface area contributed by atoms with Gasteiger partial charge in [-0.3, -0.25) is 0 Å². The first-order chi connectivity index (χ1) is 9.65. The Balaban J connectivity index is 1.96. The molecule has 102 valence electrons. The topological polar surface area (TPSA) is 64.6 Å². The first-order valence-corrected chi connectivity index (χ1v) is 7.91. The van der Waals surface area contributed by atoms with Gasteiger partial charge in [-0.25, -0.2) is 0 Å². The van der Waals surface area contributed by atoms with Gasteiger partial charge in [-0.2, -0.15) is 0 Å². The summed E-state index contributed by atoms with van der Waals surface area (Å²) in [5.74, 6) is 0.697. The molecular weight excluding hydrogens is 325 g/mol. The van der Waals surface area contributed by atoms with E-state index in [2.05, 4.69) is 5.32 Å². The number of amides is 1. The molecule has 1 aromatic carbocycles. The number of ketones is 1. The van der Waals surface area contributed by atoms with Crippen molar-refractivity contribution in [2.45, 2.75) is 6.92 Å². The summed E-state index contributed by atoms with van der Waals surface area (Å²) in [6.07, 6.45) is 0. The summed E-state index contributed by atoms with van der Waals surface area (Å²) in [5, 5.41) is 2.76. The Morgan fingerprint density at radius 2 is 2.00 bits per heavy atom. The van der Waals surface area contributed by atoms with Crippen LogP contribution in [0.1, 0.15) is 27.6 Å². The van der Waals surface area contributed by atoms with Crippen LogP contribution in [-0.4, -0.2) is 33.0 Å². The molecule has 3 rings (SSSR count). The SMILES string of the molecule is CC(=O)c1cc2c(cc1NC(=O)c1cc[se]c1)OCO2. The second-order valence-corrected chi connectivity index (χ2v) is 5.91. The van der Waals surface area contributed by atoms with Crippen LogP contribution < -0.4 is 14.8 Å². The van der Waals surface area contributed by atoms with E-state index < -0.39 is 0 Å². The van der Waals surface area contributed by atoms with Gasteiger partial charge in [0.1, 0.15) is 0 Å². The van der Waals surface area contributed by atoms with Crippen molar-refractivity contribution in [2.75, 3.05) is 12.1 Å². The first-order valence-electron chi connectivity index (χ1n) is 5.93. The molecule has 1 N–H and O–H groups in total. The van der Waals surface area contributed by atoms with Crippen LogP contribution in [0.2, 0.25) is 0 Å². The Morgan fingerprint density at radius 1 is 1.25 bits per heavy atom. The van der Waals surface area contributed by atoms with Gasteiger partial charge in [0.2, 0.25) is 0 Å². The molecule has 5 nitrogen and oxygen atoms in total. The molecule has 1 aromatic heterocycles. The number of benzene rings is 1. The molecule has 20 heavy (non-hydrogen) atoms. The Morgan fingerprint density at radius 3 is 2.65 bits per heavy atom. The van der Waals surface area contributed by atoms with E-state index in [1.165, 1.54) is 6.92 Å². The minimum absolute atomic E-state index is 0.125. The fraction of sp³-hybridized carbons (Fsp3) is 0.143. The van der Waals surface area contributed by atoms with E-state index in [-0.39, 0.29) is 33.0 Å². The first kappa shape index (κ1) is 13.0. The third-order valence-corrected chi connectivity index (χ3v) is 4.36. The van der Waals surface area contributed by atoms with Crippen molar-refractivity contribution in [1.82, 2.24) is 0 Å². The van der Waals surface area contributed by atoms with Crippen LogP contribution in [0.3, 0.4) is 0 Å². The summed E-state index contributed by atoms with van der Waals surface area (Å²) in [4.78, 5) is 27.6. The van der Waals surface area contributed by atoms with Crippen molar-refractivity contribution in [2.24, 2.45) is 0 Å². The van der Waals surface area contributed by atoms with E-state index in [0.29, 0.717) is 28.3 Å². The maximum atomic E-state index is 12.1. The monoisotopic (exact) mass is 337 g/mol. The zero-order chi connectivity index (χ0) is 14.1. The van der Waals surface area contributed by atoms with Gasteiger partial charge in [-0.15, -0.1) is 0 Å². The van der Waals surface area contributed by atoms with Crippen LogP contribution in [0.5, 0.6) is 11.5 Å². The molecule has 1 aliphatic rings. The van der Waals surface area contributed by atoms with E-state index >= 15 is 0 Å². The second kappa shape index (κ2) is 5.15. The molecule has 0 radical (unpaired) electrons. The zero-order valence-corrected chi connectivity index (χ0v) is 12.3. The Labute approximate surface area is 121 Å². The van der Waals surface area contributed by atoms with E-state index in [4.69, 9.17) is 9.47 Å². The molecule has 0 atom stereocenters. The molecule has 0 unspecified atom stereocenters. The van der Waals surface area contributed by atoms with Crippen molar-refractivity contribution in [3.63, 3.8) is 0 Å². The zero-order valence-electron chi connectivity index (χ0n) is 10.6. The van der Waals surface area contributed by atoms with E-state index in [1.807, 2.05) is 9.88 Å². The molecule has 0 saturated heterocycles. The van der Waals surface area contributed by atoms with Gasteiger partial charge in [0.15, 0.2) is 0 Å². The Hall–Kier alpha value is -2.04. The standard InChI is InChI=1S/C14H11NO4Se/c1-8(16)10-4-12-13(19-7-18-12)5-11(10)15-14(17)9-2-3-20-6-9/h2-6H,7H2,1H3,(H,15,17). The fourth-order valence-corrected chi connectivity index (χ4v) is 3.26. The second-order valence-electron chi connectivity index (χ2n) is 4.27. The summed E-state index contributed by atoms with van der Waals surface area (Å²) < 4.78 is 10.5. The number of Topliss-reactive ketones (excluding diaryl/α,β-unsaturated/α-hetero) is 1. The molecule has 0 fully saturated rings. The van der Waals surface area contributed by atoms with E-state index in [9.17, 15) is 9.59 Å². The van der Waals surface area contributed by atoms with Gasteiger partial charge in [0.25, 0.3) is 0 Å². The fourth-order valence-electron chi connectivity index (χ4n) is 1.92. The molecular formula is C14H11NO4Se. The summed E-state index contributed by atoms with van der Waals surface area (Å²) in [6, 6.07) is 5.01. The predicted octanol–water partition coefficient (Wildman–Crippen LogP) is 1.93. The van der Waals surface area contributed by atoms with Crippen LogP contribution >= 0.6 is 0 Å². The van der Waals surface area contributed by atoms with Crippen LogP contribution in [0.15, 0.2) is 28.1 Å². The minimum atomic E-state index is -0.220. The average Bonchev–Trinajstić information content (AvgIpc) is 3.08. The summed E-state index contributed by atoms with van der Waals surface area (Å²) in [7, 11) is 0. The van der Waals surface area contributed by atoms with E-state index in [0.717, 1.165) is 0 Å². The number of hydrogen-bond donors (Lipinski definition) is 1. The van der Waals surface area contributed by atoms with Gasteiger partial charge in [0.05, 0.1) is 0 Å². The normalized spacial score (nSPS) is 12.2. The van der Waals surface area contributed by atoms with Gasteiger partial charge >= 0.3 is 121 Å². The number of carbonyl (C=O) groups is 2. The summed E-state index contributed by atoms with van der Waals surface area (Å²) >= 11 is 0.241. The number of rotatable bonds is 3. The number of nitrogens with one attached hydrogen (secondary N) is 1. The predicted molar refractivity (Wildman–Crippen MR) is 73.9 cm³/mol. The Kier molecular flexibility index (Phi) is 3.34. The summed E-state index contributed by atoms with van der Waals surface area (Å²) in [6.45, 7) is 1.57. The molecule has 0 spiro atoms. The van der Waals surface area contributed by atoms with Crippen molar-refractivity contribution in [3.8, 4) is 11.5 Å². The summed E-state index contributed by atoms with van der Waals surface area (Å²) in [5.41, 5.74) is 1.48. The van der Waals surface area contributed by atoms with E-state index in [1.54, 1.807) is 18.2 Å². The molecule has 0 bridgehead atoms. The van der Waals surface area contributed by atoms with Crippen LogP contribution in [0.4, 0.5) is 5.69 Å². The quantitative estimate of drug-likeness (QED) is 0.687. The molecule has 2 aromatic rings. The van der Waals surface area contributed by atoms with Crippen LogP contribution in [0.25, 0.3) is 0 Å². The third kappa shape index (κ3) is 2.35. The number of hydrogen-bond acceptors (Lipinski definition) is 4. The molecule has 0 aliphatic carbocycles. The van der Waals surface area contributed by atoms with Crippen LogP contribution in [0, 0.1) is 0 Å². The van der Waals surface area contributed by atoms with Gasteiger partial charge in [0, 0.05) is 0 Å². The molecule has 1 aliphatic heterocycles. The van der Waals surface area contributed by atoms with Gasteiger partial charge in [-0.05, 0) is 0 Å². The van der Waals surface area contributed by atoms with Gasteiger partial charge < -0.3 is 0 Å². The third-order valence-electron chi connectivity index (χ3n) is 2.92. The number of fused-ring (bicyclic) bond motifs is 1. The van der Waals surface area contributed by atoms with Crippen molar-refractivity contribution in [3.05, 3.63) is 39.2 Å². The van der Waals surface area contributed by atoms with Crippen molar-refractivity contribution >= 4 is 31.9 Å². The molecule has 2 heterocycles. The molecule has 0 saturated carbocycles.